The zero-order valence-corrected chi connectivity index (χ0v) is 20.5. The van der Waals surface area contributed by atoms with Crippen molar-refractivity contribution in [2.45, 2.75) is 95.3 Å². The summed E-state index contributed by atoms with van der Waals surface area (Å²) in [7, 11) is 0. The first-order valence-corrected chi connectivity index (χ1v) is 13.6. The minimum atomic E-state index is -0.513. The van der Waals surface area contributed by atoms with Crippen LogP contribution >= 0.6 is 23.1 Å². The molecule has 3 aliphatic rings. The number of thiazole rings is 1. The van der Waals surface area contributed by atoms with E-state index in [1.54, 1.807) is 0 Å². The van der Waals surface area contributed by atoms with Crippen molar-refractivity contribution in [1.82, 2.24) is 15.6 Å². The normalized spacial score (nSPS) is 24.7. The van der Waals surface area contributed by atoms with Crippen LogP contribution in [0.5, 0.6) is 0 Å². The molecule has 0 saturated heterocycles. The predicted octanol–water partition coefficient (Wildman–Crippen LogP) is 4.92. The second-order valence-electron chi connectivity index (χ2n) is 9.39. The Bertz CT molecular complexity index is 934. The second kappa shape index (κ2) is 9.96. The fourth-order valence-corrected chi connectivity index (χ4v) is 7.55. The van der Waals surface area contributed by atoms with Gasteiger partial charge in [0.15, 0.2) is 0 Å². The molecule has 8 heteroatoms. The Morgan fingerprint density at radius 2 is 1.97 bits per heavy atom. The van der Waals surface area contributed by atoms with Gasteiger partial charge >= 0.3 is 0 Å². The van der Waals surface area contributed by atoms with Crippen molar-refractivity contribution in [2.75, 3.05) is 0 Å². The van der Waals surface area contributed by atoms with Gasteiger partial charge < -0.3 is 10.6 Å². The summed E-state index contributed by atoms with van der Waals surface area (Å²) in [6.07, 6.45) is 10.5. The van der Waals surface area contributed by atoms with E-state index in [9.17, 15) is 14.9 Å². The van der Waals surface area contributed by atoms with Crippen molar-refractivity contribution in [3.05, 3.63) is 26.7 Å². The van der Waals surface area contributed by atoms with Crippen LogP contribution in [-0.4, -0.2) is 28.1 Å². The molecule has 1 spiro atoms. The fraction of sp³-hybridized carbons (Fsp3) is 0.667. The van der Waals surface area contributed by atoms with Crippen molar-refractivity contribution in [1.29, 1.82) is 5.26 Å². The average molecular weight is 473 g/mol. The molecule has 1 aliphatic heterocycles. The molecule has 0 unspecified atom stereocenters. The van der Waals surface area contributed by atoms with Crippen LogP contribution in [0.4, 0.5) is 0 Å². The largest absolute Gasteiger partial charge is 0.352 e. The number of carbonyl (C=O) groups excluding carboxylic acids is 2. The van der Waals surface area contributed by atoms with Crippen LogP contribution in [0.3, 0.4) is 0 Å². The van der Waals surface area contributed by atoms with Gasteiger partial charge in [0.05, 0.1) is 21.9 Å². The maximum atomic E-state index is 13.3. The van der Waals surface area contributed by atoms with Crippen LogP contribution in [0.15, 0.2) is 16.0 Å². The topological polar surface area (TPSA) is 94.9 Å². The molecule has 1 aromatic heterocycles. The van der Waals surface area contributed by atoms with Gasteiger partial charge in [0, 0.05) is 22.5 Å². The molecule has 2 fully saturated rings. The predicted molar refractivity (Wildman–Crippen MR) is 128 cm³/mol. The van der Waals surface area contributed by atoms with E-state index in [-0.39, 0.29) is 23.1 Å². The molecular weight excluding hydrogens is 440 g/mol. The van der Waals surface area contributed by atoms with Crippen LogP contribution in [0.25, 0.3) is 0 Å². The molecule has 172 valence electrons. The summed E-state index contributed by atoms with van der Waals surface area (Å²) in [5.74, 6) is -0.545. The number of aryl methyl sites for hydroxylation is 1. The first kappa shape index (κ1) is 23.3. The third kappa shape index (κ3) is 4.60. The number of carbonyl (C=O) groups is 2. The number of nitrogens with one attached hydrogen (secondary N) is 2. The maximum Gasteiger partial charge on any atom is 0.235 e. The summed E-state index contributed by atoms with van der Waals surface area (Å²) in [6, 6.07) is 2.67. The lowest BCUT2D eigenvalue weighted by Crippen LogP contribution is -2.46. The number of nitriles is 1. The third-order valence-corrected chi connectivity index (χ3v) is 9.27. The molecular formula is C24H32N4O2S2. The number of amides is 2. The van der Waals surface area contributed by atoms with Crippen molar-refractivity contribution >= 4 is 34.9 Å². The molecule has 2 saturated carbocycles. The van der Waals surface area contributed by atoms with Crippen molar-refractivity contribution < 1.29 is 9.59 Å². The quantitative estimate of drug-likeness (QED) is 0.593. The van der Waals surface area contributed by atoms with Gasteiger partial charge in [-0.15, -0.1) is 11.3 Å². The van der Waals surface area contributed by atoms with Crippen LogP contribution in [0, 0.1) is 23.7 Å². The Morgan fingerprint density at radius 1 is 1.28 bits per heavy atom. The van der Waals surface area contributed by atoms with Gasteiger partial charge in [-0.3, -0.25) is 9.59 Å². The minimum Gasteiger partial charge on any atom is -0.352 e. The highest BCUT2D eigenvalue weighted by atomic mass is 32.2. The van der Waals surface area contributed by atoms with E-state index in [0.29, 0.717) is 10.6 Å². The van der Waals surface area contributed by atoms with Gasteiger partial charge in [0.2, 0.25) is 11.8 Å². The number of nitrogens with zero attached hydrogens (tertiary/aromatic N) is 2. The van der Waals surface area contributed by atoms with E-state index in [0.717, 1.165) is 62.1 Å². The molecule has 2 atom stereocenters. The number of thioether (sulfide) groups is 1. The SMILES string of the molecule is Cc1csc([C@@H]2C(=O)NC(S[C@H](C)C(=O)NC3CCCCCC3)=C(C#N)C23CCCC3)n1. The van der Waals surface area contributed by atoms with Crippen molar-refractivity contribution in [2.24, 2.45) is 5.41 Å². The summed E-state index contributed by atoms with van der Waals surface area (Å²) in [5.41, 5.74) is 1.02. The second-order valence-corrected chi connectivity index (χ2v) is 11.6. The Balaban J connectivity index is 1.57. The van der Waals surface area contributed by atoms with E-state index in [4.69, 9.17) is 0 Å². The first-order chi connectivity index (χ1) is 15.4. The first-order valence-electron chi connectivity index (χ1n) is 11.8. The van der Waals surface area contributed by atoms with Gasteiger partial charge in [0.1, 0.15) is 10.9 Å². The highest BCUT2D eigenvalue weighted by Crippen LogP contribution is 2.57. The van der Waals surface area contributed by atoms with Gasteiger partial charge in [-0.2, -0.15) is 5.26 Å². The molecule has 2 heterocycles. The Labute approximate surface area is 198 Å². The number of allylic oxidation sites excluding steroid dienone is 1. The zero-order chi connectivity index (χ0) is 22.7. The monoisotopic (exact) mass is 472 g/mol. The van der Waals surface area contributed by atoms with E-state index in [1.165, 1.54) is 35.9 Å². The highest BCUT2D eigenvalue weighted by Gasteiger charge is 2.54. The number of rotatable bonds is 5. The van der Waals surface area contributed by atoms with Crippen molar-refractivity contribution in [3.8, 4) is 6.07 Å². The molecule has 32 heavy (non-hydrogen) atoms. The van der Waals surface area contributed by atoms with E-state index in [1.807, 2.05) is 19.2 Å². The summed E-state index contributed by atoms with van der Waals surface area (Å²) in [4.78, 5) is 30.9. The molecule has 2 aliphatic carbocycles. The maximum absolute atomic E-state index is 13.3. The summed E-state index contributed by atoms with van der Waals surface area (Å²) < 4.78 is 0. The lowest BCUT2D eigenvalue weighted by atomic mass is 9.67. The van der Waals surface area contributed by atoms with Gasteiger partial charge in [0.25, 0.3) is 0 Å². The number of hydrogen-bond donors (Lipinski definition) is 2. The van der Waals surface area contributed by atoms with Crippen LogP contribution in [0.1, 0.15) is 87.8 Å². The summed E-state index contributed by atoms with van der Waals surface area (Å²) >= 11 is 2.82. The van der Waals surface area contributed by atoms with Crippen molar-refractivity contribution in [3.63, 3.8) is 0 Å². The van der Waals surface area contributed by atoms with E-state index < -0.39 is 11.3 Å². The lowest BCUT2D eigenvalue weighted by Gasteiger charge is -2.40. The van der Waals surface area contributed by atoms with E-state index >= 15 is 0 Å². The smallest absolute Gasteiger partial charge is 0.235 e. The summed E-state index contributed by atoms with van der Waals surface area (Å²) in [5, 5.41) is 19.3. The standard InChI is InChI=1S/C24H32N4O2S2/c1-15-14-31-23(26-15)19-21(30)28-22(18(13-25)24(19)11-7-8-12-24)32-16(2)20(29)27-17-9-5-3-4-6-10-17/h14,16-17,19H,3-12H2,1-2H3,(H,27,29)(H,28,30)/t16-,19+/m1/s1. The molecule has 0 bridgehead atoms. The molecule has 1 aromatic rings. The molecule has 0 aromatic carbocycles. The minimum absolute atomic E-state index is 0.0147. The number of aromatic nitrogens is 1. The zero-order valence-electron chi connectivity index (χ0n) is 18.9. The molecule has 6 nitrogen and oxygen atoms in total. The van der Waals surface area contributed by atoms with Gasteiger partial charge in [-0.25, -0.2) is 4.98 Å². The van der Waals surface area contributed by atoms with E-state index in [2.05, 4.69) is 21.7 Å². The van der Waals surface area contributed by atoms with Crippen LogP contribution in [0.2, 0.25) is 0 Å². The van der Waals surface area contributed by atoms with Crippen LogP contribution < -0.4 is 10.6 Å². The average Bonchev–Trinajstić information content (AvgIpc) is 3.32. The number of hydrogen-bond acceptors (Lipinski definition) is 6. The Morgan fingerprint density at radius 3 is 2.56 bits per heavy atom. The third-order valence-electron chi connectivity index (χ3n) is 7.13. The van der Waals surface area contributed by atoms with Gasteiger partial charge in [-0.05, 0) is 39.5 Å². The lowest BCUT2D eigenvalue weighted by molar-refractivity contribution is -0.125. The fourth-order valence-electron chi connectivity index (χ4n) is 5.49. The molecule has 2 N–H and O–H groups in total. The Kier molecular flexibility index (Phi) is 7.26. The summed E-state index contributed by atoms with van der Waals surface area (Å²) in [6.45, 7) is 3.79. The molecule has 2 amide bonds. The Hall–Kier alpha value is -1.85. The van der Waals surface area contributed by atoms with Crippen LogP contribution in [-0.2, 0) is 9.59 Å². The highest BCUT2D eigenvalue weighted by molar-refractivity contribution is 8.04. The molecule has 0 radical (unpaired) electrons. The molecule has 4 rings (SSSR count). The van der Waals surface area contributed by atoms with Gasteiger partial charge in [-0.1, -0.05) is 50.3 Å².